The highest BCUT2D eigenvalue weighted by Gasteiger charge is 2.31. The second kappa shape index (κ2) is 3.53. The third-order valence-corrected chi connectivity index (χ3v) is 1.53. The zero-order valence-corrected chi connectivity index (χ0v) is 5.87. The van der Waals surface area contributed by atoms with Crippen LogP contribution in [0, 0.1) is 5.41 Å². The van der Waals surface area contributed by atoms with Gasteiger partial charge in [-0.15, -0.1) is 0 Å². The van der Waals surface area contributed by atoms with E-state index in [4.69, 9.17) is 15.3 Å². The highest BCUT2D eigenvalue weighted by molar-refractivity contribution is 5.74. The van der Waals surface area contributed by atoms with Gasteiger partial charge < -0.3 is 15.3 Å². The van der Waals surface area contributed by atoms with E-state index in [0.29, 0.717) is 0 Å². The molecule has 0 amide bonds. The molecule has 0 radical (unpaired) electrons. The van der Waals surface area contributed by atoms with Gasteiger partial charge in [0.1, 0.15) is 0 Å². The number of carboxylic acid groups (broad SMARTS) is 1. The van der Waals surface area contributed by atoms with Crippen molar-refractivity contribution < 1.29 is 20.1 Å². The number of carbonyl (C=O) groups is 1. The minimum absolute atomic E-state index is 0.0822. The molecule has 0 rings (SSSR count). The summed E-state index contributed by atoms with van der Waals surface area (Å²) in [5.41, 5.74) is -1.19. The van der Waals surface area contributed by atoms with E-state index in [0.717, 1.165) is 0 Å². The molecule has 4 nitrogen and oxygen atoms in total. The molecule has 0 saturated heterocycles. The number of carboxylic acids is 1. The molecule has 1 atom stereocenters. The Morgan fingerprint density at radius 3 is 2.10 bits per heavy atom. The SMILES string of the molecule is CC(CO)(CCO)C(=O)O. The summed E-state index contributed by atoms with van der Waals surface area (Å²) in [4.78, 5) is 10.4. The Labute approximate surface area is 59.1 Å². The summed E-state index contributed by atoms with van der Waals surface area (Å²) in [5, 5.41) is 25.5. The Balaban J connectivity index is 4.08. The molecular formula is C6H12O4. The zero-order valence-electron chi connectivity index (χ0n) is 5.87. The Bertz CT molecular complexity index is 123. The smallest absolute Gasteiger partial charge is 0.311 e. The van der Waals surface area contributed by atoms with E-state index >= 15 is 0 Å². The second-order valence-corrected chi connectivity index (χ2v) is 2.50. The summed E-state index contributed by atoms with van der Waals surface area (Å²) in [6, 6.07) is 0. The number of aliphatic hydroxyl groups excluding tert-OH is 2. The molecular weight excluding hydrogens is 136 g/mol. The van der Waals surface area contributed by atoms with E-state index in [-0.39, 0.29) is 13.0 Å². The summed E-state index contributed by atoms with van der Waals surface area (Å²) in [7, 11) is 0. The first-order valence-electron chi connectivity index (χ1n) is 3.02. The standard InChI is InChI=1S/C6H12O4/c1-6(4-8,2-3-7)5(9)10/h7-8H,2-4H2,1H3,(H,9,10). The quantitative estimate of drug-likeness (QED) is 0.500. The highest BCUT2D eigenvalue weighted by Crippen LogP contribution is 2.19. The van der Waals surface area contributed by atoms with Gasteiger partial charge in [-0.2, -0.15) is 0 Å². The van der Waals surface area contributed by atoms with Crippen LogP contribution < -0.4 is 0 Å². The van der Waals surface area contributed by atoms with Crippen LogP contribution >= 0.6 is 0 Å². The fourth-order valence-corrected chi connectivity index (χ4v) is 0.500. The normalized spacial score (nSPS) is 16.3. The van der Waals surface area contributed by atoms with Crippen LogP contribution in [0.4, 0.5) is 0 Å². The first kappa shape index (κ1) is 9.39. The average Bonchev–Trinajstić information content (AvgIpc) is 1.88. The molecule has 0 heterocycles. The van der Waals surface area contributed by atoms with Gasteiger partial charge in [0.25, 0.3) is 0 Å². The minimum Gasteiger partial charge on any atom is -0.481 e. The van der Waals surface area contributed by atoms with Gasteiger partial charge in [0.2, 0.25) is 0 Å². The van der Waals surface area contributed by atoms with Crippen molar-refractivity contribution in [3.63, 3.8) is 0 Å². The second-order valence-electron chi connectivity index (χ2n) is 2.50. The number of rotatable bonds is 4. The number of hydrogen-bond acceptors (Lipinski definition) is 3. The maximum Gasteiger partial charge on any atom is 0.311 e. The first-order valence-corrected chi connectivity index (χ1v) is 3.02. The molecule has 0 fully saturated rings. The van der Waals surface area contributed by atoms with E-state index < -0.39 is 18.0 Å². The van der Waals surface area contributed by atoms with Crippen LogP contribution in [0.25, 0.3) is 0 Å². The summed E-state index contributed by atoms with van der Waals surface area (Å²) in [5.74, 6) is -1.08. The predicted octanol–water partition coefficient (Wildman–Crippen LogP) is -0.548. The van der Waals surface area contributed by atoms with Gasteiger partial charge in [-0.1, -0.05) is 0 Å². The maximum atomic E-state index is 10.4. The molecule has 0 aliphatic rings. The van der Waals surface area contributed by atoms with Crippen LogP contribution in [0.15, 0.2) is 0 Å². The molecule has 0 aliphatic heterocycles. The van der Waals surface area contributed by atoms with Crippen LogP contribution in [0.3, 0.4) is 0 Å². The fraction of sp³-hybridized carbons (Fsp3) is 0.833. The van der Waals surface area contributed by atoms with Gasteiger partial charge in [-0.05, 0) is 13.3 Å². The molecule has 0 aromatic rings. The van der Waals surface area contributed by atoms with Crippen LogP contribution in [-0.4, -0.2) is 34.5 Å². The van der Waals surface area contributed by atoms with Crippen LogP contribution in [0.1, 0.15) is 13.3 Å². The summed E-state index contributed by atoms with van der Waals surface area (Å²) < 4.78 is 0. The van der Waals surface area contributed by atoms with E-state index in [1.54, 1.807) is 0 Å². The van der Waals surface area contributed by atoms with Crippen LogP contribution in [-0.2, 0) is 4.79 Å². The van der Waals surface area contributed by atoms with Crippen molar-refractivity contribution in [1.29, 1.82) is 0 Å². The lowest BCUT2D eigenvalue weighted by Crippen LogP contribution is -2.32. The van der Waals surface area contributed by atoms with Gasteiger partial charge >= 0.3 is 5.97 Å². The fourth-order valence-electron chi connectivity index (χ4n) is 0.500. The monoisotopic (exact) mass is 148 g/mol. The van der Waals surface area contributed by atoms with Crippen molar-refractivity contribution in [3.05, 3.63) is 0 Å². The van der Waals surface area contributed by atoms with Crippen molar-refractivity contribution >= 4 is 5.97 Å². The van der Waals surface area contributed by atoms with Gasteiger partial charge in [0, 0.05) is 6.61 Å². The molecule has 0 aliphatic carbocycles. The summed E-state index contributed by atoms with van der Waals surface area (Å²) in [6.45, 7) is 0.734. The largest absolute Gasteiger partial charge is 0.481 e. The van der Waals surface area contributed by atoms with E-state index in [2.05, 4.69) is 0 Å². The molecule has 60 valence electrons. The summed E-state index contributed by atoms with van der Waals surface area (Å²) >= 11 is 0. The van der Waals surface area contributed by atoms with E-state index in [1.165, 1.54) is 6.92 Å². The Kier molecular flexibility index (Phi) is 3.32. The lowest BCUT2D eigenvalue weighted by Gasteiger charge is -2.19. The lowest BCUT2D eigenvalue weighted by atomic mass is 9.88. The molecule has 1 unspecified atom stereocenters. The predicted molar refractivity (Wildman–Crippen MR) is 34.5 cm³/mol. The van der Waals surface area contributed by atoms with Crippen LogP contribution in [0.5, 0.6) is 0 Å². The lowest BCUT2D eigenvalue weighted by molar-refractivity contribution is -0.151. The van der Waals surface area contributed by atoms with Crippen molar-refractivity contribution in [2.45, 2.75) is 13.3 Å². The van der Waals surface area contributed by atoms with Gasteiger partial charge in [-0.3, -0.25) is 4.79 Å². The Morgan fingerprint density at radius 1 is 1.50 bits per heavy atom. The third-order valence-electron chi connectivity index (χ3n) is 1.53. The number of aliphatic carboxylic acids is 1. The van der Waals surface area contributed by atoms with Crippen LogP contribution in [0.2, 0.25) is 0 Å². The topological polar surface area (TPSA) is 77.8 Å². The van der Waals surface area contributed by atoms with Crippen molar-refractivity contribution in [2.75, 3.05) is 13.2 Å². The zero-order chi connectivity index (χ0) is 8.20. The Hall–Kier alpha value is -0.610. The van der Waals surface area contributed by atoms with Gasteiger partial charge in [0.05, 0.1) is 12.0 Å². The molecule has 4 heteroatoms. The van der Waals surface area contributed by atoms with Crippen molar-refractivity contribution in [3.8, 4) is 0 Å². The molecule has 0 aromatic heterocycles. The summed E-state index contributed by atoms with van der Waals surface area (Å²) in [6.07, 6.45) is 0.0822. The van der Waals surface area contributed by atoms with Crippen molar-refractivity contribution in [1.82, 2.24) is 0 Å². The highest BCUT2D eigenvalue weighted by atomic mass is 16.4. The van der Waals surface area contributed by atoms with Gasteiger partial charge in [-0.25, -0.2) is 0 Å². The molecule has 0 saturated carbocycles. The van der Waals surface area contributed by atoms with Crippen molar-refractivity contribution in [2.24, 2.45) is 5.41 Å². The maximum absolute atomic E-state index is 10.4. The number of aliphatic hydroxyl groups is 2. The van der Waals surface area contributed by atoms with E-state index in [9.17, 15) is 4.79 Å². The average molecular weight is 148 g/mol. The molecule has 0 aromatic carbocycles. The molecule has 3 N–H and O–H groups in total. The van der Waals surface area contributed by atoms with Gasteiger partial charge in [0.15, 0.2) is 0 Å². The molecule has 0 bridgehead atoms. The van der Waals surface area contributed by atoms with E-state index in [1.807, 2.05) is 0 Å². The number of hydrogen-bond donors (Lipinski definition) is 3. The Morgan fingerprint density at radius 2 is 2.00 bits per heavy atom. The molecule has 0 spiro atoms. The minimum atomic E-state index is -1.19. The molecule has 10 heavy (non-hydrogen) atoms. The third kappa shape index (κ3) is 1.97. The first-order chi connectivity index (χ1) is 4.56.